The molecule has 1 heterocycles. The summed E-state index contributed by atoms with van der Waals surface area (Å²) in [6, 6.07) is 11.2. The Labute approximate surface area is 208 Å². The minimum absolute atomic E-state index is 0.486. The highest BCUT2D eigenvalue weighted by molar-refractivity contribution is 5.96. The summed E-state index contributed by atoms with van der Waals surface area (Å²) in [5, 5.41) is 1.24. The van der Waals surface area contributed by atoms with Crippen molar-refractivity contribution < 1.29 is 8.78 Å². The lowest BCUT2D eigenvalue weighted by atomic mass is 9.96. The Morgan fingerprint density at radius 3 is 2.57 bits per heavy atom. The molecule has 0 radical (unpaired) electrons. The predicted molar refractivity (Wildman–Crippen MR) is 146 cm³/mol. The molecule has 182 valence electrons. The third-order valence-corrected chi connectivity index (χ3v) is 6.86. The summed E-state index contributed by atoms with van der Waals surface area (Å²) < 4.78 is 30.9. The summed E-state index contributed by atoms with van der Waals surface area (Å²) in [5.74, 6) is -1.10. The van der Waals surface area contributed by atoms with E-state index in [0.29, 0.717) is 12.3 Å². The van der Waals surface area contributed by atoms with Crippen LogP contribution in [0.15, 0.2) is 65.8 Å². The Morgan fingerprint density at radius 1 is 1.09 bits per heavy atom. The quantitative estimate of drug-likeness (QED) is 0.302. The zero-order valence-corrected chi connectivity index (χ0v) is 21.5. The van der Waals surface area contributed by atoms with Gasteiger partial charge in [0.05, 0.1) is 5.52 Å². The van der Waals surface area contributed by atoms with Gasteiger partial charge in [0, 0.05) is 22.3 Å². The van der Waals surface area contributed by atoms with E-state index < -0.39 is 11.6 Å². The molecular formula is C32H35F2N. The molecule has 3 heteroatoms. The number of aromatic nitrogens is 1. The molecule has 1 aliphatic rings. The van der Waals surface area contributed by atoms with Gasteiger partial charge in [-0.1, -0.05) is 55.8 Å². The fraction of sp³-hybridized carbons (Fsp3) is 0.312. The maximum atomic E-state index is 14.3. The number of allylic oxidation sites excluding steroid dienone is 6. The first-order valence-corrected chi connectivity index (χ1v) is 12.6. The van der Waals surface area contributed by atoms with Gasteiger partial charge < -0.3 is 4.57 Å². The van der Waals surface area contributed by atoms with Crippen molar-refractivity contribution >= 4 is 28.8 Å². The Balaban J connectivity index is 1.92. The molecule has 0 bridgehead atoms. The van der Waals surface area contributed by atoms with Crippen molar-refractivity contribution in [2.45, 2.75) is 60.3 Å². The fourth-order valence-electron chi connectivity index (χ4n) is 4.81. The van der Waals surface area contributed by atoms with Gasteiger partial charge in [0.15, 0.2) is 11.6 Å². The average Bonchev–Trinajstić information content (AvgIpc) is 3.17. The molecule has 0 unspecified atom stereocenters. The van der Waals surface area contributed by atoms with Crippen LogP contribution in [0.3, 0.4) is 0 Å². The summed E-state index contributed by atoms with van der Waals surface area (Å²) in [5.41, 5.74) is 8.55. The van der Waals surface area contributed by atoms with Gasteiger partial charge in [0.1, 0.15) is 0 Å². The summed E-state index contributed by atoms with van der Waals surface area (Å²) >= 11 is 0. The van der Waals surface area contributed by atoms with Crippen LogP contribution in [0, 0.1) is 17.6 Å². The molecule has 1 aromatic heterocycles. The summed E-state index contributed by atoms with van der Waals surface area (Å²) in [4.78, 5) is 0. The Kier molecular flexibility index (Phi) is 7.54. The molecule has 2 aromatic carbocycles. The molecule has 0 atom stereocenters. The van der Waals surface area contributed by atoms with Crippen molar-refractivity contribution in [1.82, 2.24) is 4.57 Å². The van der Waals surface area contributed by atoms with Gasteiger partial charge in [-0.2, -0.15) is 0 Å². The number of halogens is 2. The number of fused-ring (bicyclic) bond motifs is 3. The number of hydrogen-bond acceptors (Lipinski definition) is 0. The van der Waals surface area contributed by atoms with Crippen LogP contribution < -0.4 is 0 Å². The highest BCUT2D eigenvalue weighted by Gasteiger charge is 2.20. The number of aryl methyl sites for hydroxylation is 1. The van der Waals surface area contributed by atoms with E-state index in [1.165, 1.54) is 28.8 Å². The monoisotopic (exact) mass is 471 g/mol. The number of benzene rings is 2. The lowest BCUT2D eigenvalue weighted by Gasteiger charge is -2.19. The Bertz CT molecular complexity index is 1360. The summed E-state index contributed by atoms with van der Waals surface area (Å²) in [6.07, 6.45) is 14.4. The molecule has 3 aromatic rings. The van der Waals surface area contributed by atoms with E-state index in [-0.39, 0.29) is 0 Å². The molecule has 1 nitrogen and oxygen atoms in total. The second kappa shape index (κ2) is 10.6. The van der Waals surface area contributed by atoms with Gasteiger partial charge in [-0.05, 0) is 99.4 Å². The maximum Gasteiger partial charge on any atom is 0.159 e. The number of para-hydroxylation sites is 1. The molecule has 4 rings (SSSR count). The summed E-state index contributed by atoms with van der Waals surface area (Å²) in [7, 11) is 0. The minimum atomic E-state index is -0.804. The normalized spacial score (nSPS) is 14.8. The molecule has 0 N–H and O–H groups in total. The third kappa shape index (κ3) is 5.24. The van der Waals surface area contributed by atoms with Crippen molar-refractivity contribution in [3.8, 4) is 0 Å². The third-order valence-electron chi connectivity index (χ3n) is 6.86. The van der Waals surface area contributed by atoms with Crippen LogP contribution in [-0.2, 0) is 12.8 Å². The average molecular weight is 472 g/mol. The van der Waals surface area contributed by atoms with Crippen LogP contribution in [0.4, 0.5) is 8.78 Å². The first-order chi connectivity index (χ1) is 16.8. The molecular weight excluding hydrogens is 436 g/mol. The van der Waals surface area contributed by atoms with Gasteiger partial charge in [-0.15, -0.1) is 0 Å². The van der Waals surface area contributed by atoms with E-state index in [4.69, 9.17) is 0 Å². The van der Waals surface area contributed by atoms with Crippen LogP contribution in [0.2, 0.25) is 0 Å². The van der Waals surface area contributed by atoms with Gasteiger partial charge in [-0.3, -0.25) is 0 Å². The van der Waals surface area contributed by atoms with Crippen molar-refractivity contribution in [2.75, 3.05) is 0 Å². The smallest absolute Gasteiger partial charge is 0.159 e. The van der Waals surface area contributed by atoms with Gasteiger partial charge in [0.2, 0.25) is 0 Å². The van der Waals surface area contributed by atoms with Crippen LogP contribution in [0.25, 0.3) is 28.8 Å². The van der Waals surface area contributed by atoms with E-state index in [0.717, 1.165) is 52.7 Å². The number of rotatable bonds is 7. The van der Waals surface area contributed by atoms with E-state index in [1.807, 2.05) is 13.0 Å². The zero-order valence-electron chi connectivity index (χ0n) is 21.5. The van der Waals surface area contributed by atoms with Gasteiger partial charge in [0.25, 0.3) is 0 Å². The highest BCUT2D eigenvalue weighted by Crippen LogP contribution is 2.36. The van der Waals surface area contributed by atoms with E-state index in [1.54, 1.807) is 0 Å². The highest BCUT2D eigenvalue weighted by atomic mass is 19.2. The minimum Gasteiger partial charge on any atom is -0.313 e. The molecule has 0 aliphatic heterocycles. The van der Waals surface area contributed by atoms with Crippen molar-refractivity contribution in [3.63, 3.8) is 0 Å². The van der Waals surface area contributed by atoms with Crippen molar-refractivity contribution in [3.05, 3.63) is 99.8 Å². The lowest BCUT2D eigenvalue weighted by molar-refractivity contribution is 0.505. The largest absolute Gasteiger partial charge is 0.313 e. The molecule has 0 fully saturated rings. The van der Waals surface area contributed by atoms with Gasteiger partial charge >= 0.3 is 0 Å². The van der Waals surface area contributed by atoms with Crippen LogP contribution in [-0.4, -0.2) is 4.57 Å². The second-order valence-corrected chi connectivity index (χ2v) is 9.94. The first-order valence-electron chi connectivity index (χ1n) is 12.6. The van der Waals surface area contributed by atoms with E-state index >= 15 is 0 Å². The van der Waals surface area contributed by atoms with E-state index in [9.17, 15) is 8.78 Å². The lowest BCUT2D eigenvalue weighted by Crippen LogP contribution is -2.06. The van der Waals surface area contributed by atoms with Gasteiger partial charge in [-0.25, -0.2) is 8.78 Å². The molecule has 35 heavy (non-hydrogen) atoms. The summed E-state index contributed by atoms with van der Waals surface area (Å²) in [6.45, 7) is 10.5. The van der Waals surface area contributed by atoms with E-state index in [2.05, 4.69) is 80.8 Å². The first kappa shape index (κ1) is 24.9. The van der Waals surface area contributed by atoms with Crippen molar-refractivity contribution in [2.24, 2.45) is 5.92 Å². The topological polar surface area (TPSA) is 4.93 Å². The Morgan fingerprint density at radius 2 is 1.83 bits per heavy atom. The molecule has 0 saturated heterocycles. The second-order valence-electron chi connectivity index (χ2n) is 9.94. The van der Waals surface area contributed by atoms with Crippen LogP contribution in [0.5, 0.6) is 0 Å². The SMILES string of the molecule is C/C=C(C)\C=C(/C(C)=Cc1cc(F)c(F)cc1CCC(C)C)n1c2c(c3ccccc31)C=CCC2. The molecule has 0 amide bonds. The molecule has 0 spiro atoms. The van der Waals surface area contributed by atoms with Crippen LogP contribution >= 0.6 is 0 Å². The standard InChI is InChI=1S/C32H35F2N/c1-6-22(4)17-32(35-30-13-9-7-11-26(30)27-12-8-10-14-31(27)35)23(5)18-25-20-29(34)28(33)19-24(25)16-15-21(2)3/h6-9,11-13,17-21H,10,14-16H2,1-5H3/b22-6-,23-18?,32-17+. The fourth-order valence-corrected chi connectivity index (χ4v) is 4.81. The number of hydrogen-bond donors (Lipinski definition) is 0. The van der Waals surface area contributed by atoms with Crippen LogP contribution in [0.1, 0.15) is 69.8 Å². The molecule has 1 aliphatic carbocycles. The molecule has 0 saturated carbocycles. The number of nitrogens with zero attached hydrogens (tertiary/aromatic N) is 1. The maximum absolute atomic E-state index is 14.3. The Hall–Kier alpha value is -3.20. The predicted octanol–water partition coefficient (Wildman–Crippen LogP) is 9.38. The zero-order chi connectivity index (χ0) is 25.1. The van der Waals surface area contributed by atoms with Crippen molar-refractivity contribution in [1.29, 1.82) is 0 Å².